The second kappa shape index (κ2) is 6.37. The molecule has 0 amide bonds. The van der Waals surface area contributed by atoms with E-state index in [1.165, 1.54) is 18.2 Å². The molecule has 90 valence electrons. The van der Waals surface area contributed by atoms with Gasteiger partial charge in [0.1, 0.15) is 5.82 Å². The fourth-order valence-electron chi connectivity index (χ4n) is 1.01. The van der Waals surface area contributed by atoms with E-state index >= 15 is 0 Å². The highest BCUT2D eigenvalue weighted by molar-refractivity contribution is 6.58. The first kappa shape index (κ1) is 12.8. The van der Waals surface area contributed by atoms with Crippen LogP contribution in [-0.2, 0) is 14.3 Å². The molecule has 0 fully saturated rings. The summed E-state index contributed by atoms with van der Waals surface area (Å²) >= 11 is 0. The second-order valence-corrected chi connectivity index (χ2v) is 2.96. The highest BCUT2D eigenvalue weighted by Crippen LogP contribution is 2.08. The largest absolute Gasteiger partial charge is 0.461 e. The Bertz CT molecular complexity index is 446. The molecule has 17 heavy (non-hydrogen) atoms. The van der Waals surface area contributed by atoms with Gasteiger partial charge in [-0.25, -0.2) is 9.18 Å². The molecule has 5 nitrogen and oxygen atoms in total. The molecule has 0 saturated carbocycles. The molecule has 0 aliphatic carbocycles. The number of nitrogens with zero attached hydrogens (tertiary/aromatic N) is 1. The fourth-order valence-corrected chi connectivity index (χ4v) is 1.01. The molecule has 0 aliphatic rings. The van der Waals surface area contributed by atoms with Gasteiger partial charge in [0, 0.05) is 0 Å². The van der Waals surface area contributed by atoms with Crippen LogP contribution in [-0.4, -0.2) is 24.6 Å². The molecule has 6 heteroatoms. The molecule has 0 bridgehead atoms. The van der Waals surface area contributed by atoms with Gasteiger partial charge in [0.15, 0.2) is 6.29 Å². The monoisotopic (exact) mass is 238 g/mol. The van der Waals surface area contributed by atoms with Crippen molar-refractivity contribution in [3.8, 4) is 0 Å². The number of esters is 1. The molecule has 0 unspecified atom stereocenters. The Morgan fingerprint density at radius 2 is 2.35 bits per heavy atom. The number of hydrogen-bond donors (Lipinski definition) is 1. The summed E-state index contributed by atoms with van der Waals surface area (Å²) in [6.45, 7) is 1.76. The third-order valence-corrected chi connectivity index (χ3v) is 1.73. The lowest BCUT2D eigenvalue weighted by molar-refractivity contribution is -0.135. The summed E-state index contributed by atoms with van der Waals surface area (Å²) in [6, 6.07) is 5.45. The molecule has 1 rings (SSSR count). The Morgan fingerprint density at radius 3 is 2.94 bits per heavy atom. The van der Waals surface area contributed by atoms with Crippen LogP contribution < -0.4 is 5.43 Å². The van der Waals surface area contributed by atoms with Crippen LogP contribution in [0.2, 0.25) is 0 Å². The number of benzene rings is 1. The summed E-state index contributed by atoms with van der Waals surface area (Å²) in [7, 11) is 0. The van der Waals surface area contributed by atoms with Crippen molar-refractivity contribution in [3.05, 3.63) is 30.1 Å². The molecular weight excluding hydrogens is 227 g/mol. The Morgan fingerprint density at radius 1 is 1.59 bits per heavy atom. The smallest absolute Gasteiger partial charge is 0.362 e. The van der Waals surface area contributed by atoms with Gasteiger partial charge in [0.2, 0.25) is 5.71 Å². The highest BCUT2D eigenvalue weighted by Gasteiger charge is 2.11. The van der Waals surface area contributed by atoms with Crippen molar-refractivity contribution in [3.63, 3.8) is 0 Å². The molecule has 1 aromatic carbocycles. The Labute approximate surface area is 97.3 Å². The second-order valence-electron chi connectivity index (χ2n) is 2.96. The van der Waals surface area contributed by atoms with Crippen molar-refractivity contribution < 1.29 is 18.7 Å². The number of carbonyl (C=O) groups excluding carboxylic acids is 2. The van der Waals surface area contributed by atoms with E-state index in [9.17, 15) is 14.0 Å². The van der Waals surface area contributed by atoms with Crippen molar-refractivity contribution in [1.29, 1.82) is 0 Å². The Kier molecular flexibility index (Phi) is 4.80. The van der Waals surface area contributed by atoms with Crippen LogP contribution >= 0.6 is 0 Å². The fraction of sp³-hybridized carbons (Fsp3) is 0.182. The number of ether oxygens (including phenoxy) is 1. The van der Waals surface area contributed by atoms with Gasteiger partial charge < -0.3 is 4.74 Å². The number of nitrogens with one attached hydrogen (secondary N) is 1. The van der Waals surface area contributed by atoms with E-state index < -0.39 is 17.5 Å². The van der Waals surface area contributed by atoms with Crippen LogP contribution in [0.5, 0.6) is 0 Å². The van der Waals surface area contributed by atoms with Gasteiger partial charge in [-0.3, -0.25) is 10.2 Å². The van der Waals surface area contributed by atoms with Crippen LogP contribution in [0, 0.1) is 5.82 Å². The molecule has 0 spiro atoms. The van der Waals surface area contributed by atoms with Crippen molar-refractivity contribution in [2.24, 2.45) is 5.10 Å². The van der Waals surface area contributed by atoms with Crippen molar-refractivity contribution in [1.82, 2.24) is 0 Å². The first-order valence-corrected chi connectivity index (χ1v) is 4.89. The van der Waals surface area contributed by atoms with Gasteiger partial charge >= 0.3 is 5.97 Å². The SMILES string of the molecule is CCOC(=O)/C(C=O)=N\Nc1cccc(F)c1. The zero-order chi connectivity index (χ0) is 12.7. The van der Waals surface area contributed by atoms with Crippen molar-refractivity contribution >= 4 is 23.7 Å². The summed E-state index contributed by atoms with van der Waals surface area (Å²) < 4.78 is 17.4. The van der Waals surface area contributed by atoms with Crippen molar-refractivity contribution in [2.45, 2.75) is 6.92 Å². The zero-order valence-electron chi connectivity index (χ0n) is 9.14. The molecule has 0 aliphatic heterocycles. The minimum atomic E-state index is -0.827. The van der Waals surface area contributed by atoms with E-state index in [4.69, 9.17) is 0 Å². The van der Waals surface area contributed by atoms with E-state index in [0.29, 0.717) is 5.69 Å². The van der Waals surface area contributed by atoms with Gasteiger partial charge in [-0.2, -0.15) is 5.10 Å². The minimum Gasteiger partial charge on any atom is -0.461 e. The normalized spacial score (nSPS) is 10.8. The van der Waals surface area contributed by atoms with Gasteiger partial charge in [-0.15, -0.1) is 0 Å². The zero-order valence-corrected chi connectivity index (χ0v) is 9.14. The molecule has 0 atom stereocenters. The number of hydrazone groups is 1. The number of anilines is 1. The van der Waals surface area contributed by atoms with Crippen LogP contribution in [0.1, 0.15) is 6.92 Å². The van der Waals surface area contributed by atoms with Gasteiger partial charge in [-0.1, -0.05) is 6.07 Å². The maximum atomic E-state index is 12.8. The summed E-state index contributed by atoms with van der Waals surface area (Å²) in [5.41, 5.74) is 2.31. The summed E-state index contributed by atoms with van der Waals surface area (Å²) in [5, 5.41) is 3.53. The summed E-state index contributed by atoms with van der Waals surface area (Å²) in [4.78, 5) is 21.7. The van der Waals surface area contributed by atoms with E-state index in [1.807, 2.05) is 0 Å². The first-order valence-electron chi connectivity index (χ1n) is 4.89. The molecule has 0 aromatic heterocycles. The lowest BCUT2D eigenvalue weighted by atomic mass is 10.3. The lowest BCUT2D eigenvalue weighted by Gasteiger charge is -2.02. The summed E-state index contributed by atoms with van der Waals surface area (Å²) in [6.07, 6.45) is 0.268. The number of carbonyl (C=O) groups is 2. The lowest BCUT2D eigenvalue weighted by Crippen LogP contribution is -2.20. The van der Waals surface area contributed by atoms with E-state index in [2.05, 4.69) is 15.3 Å². The van der Waals surface area contributed by atoms with E-state index in [-0.39, 0.29) is 12.9 Å². The van der Waals surface area contributed by atoms with Gasteiger partial charge in [0.05, 0.1) is 12.3 Å². The average Bonchev–Trinajstić information content (AvgIpc) is 2.30. The van der Waals surface area contributed by atoms with Crippen LogP contribution in [0.15, 0.2) is 29.4 Å². The molecular formula is C11H11FN2O3. The number of hydrogen-bond acceptors (Lipinski definition) is 5. The van der Waals surface area contributed by atoms with Crippen molar-refractivity contribution in [2.75, 3.05) is 12.0 Å². The minimum absolute atomic E-state index is 0.145. The molecule has 1 N–H and O–H groups in total. The molecule has 0 radical (unpaired) electrons. The van der Waals surface area contributed by atoms with Gasteiger partial charge in [-0.05, 0) is 25.1 Å². The Hall–Kier alpha value is -2.24. The predicted molar refractivity (Wildman–Crippen MR) is 60.2 cm³/mol. The average molecular weight is 238 g/mol. The molecule has 0 saturated heterocycles. The maximum absolute atomic E-state index is 12.8. The highest BCUT2D eigenvalue weighted by atomic mass is 19.1. The topological polar surface area (TPSA) is 67.8 Å². The maximum Gasteiger partial charge on any atom is 0.362 e. The summed E-state index contributed by atoms with van der Waals surface area (Å²) in [5.74, 6) is -1.28. The van der Waals surface area contributed by atoms with Gasteiger partial charge in [0.25, 0.3) is 0 Å². The predicted octanol–water partition coefficient (Wildman–Crippen LogP) is 1.36. The third kappa shape index (κ3) is 4.02. The molecule has 1 aromatic rings. The standard InChI is InChI=1S/C11H11FN2O3/c1-2-17-11(16)10(7-15)14-13-9-5-3-4-8(12)6-9/h3-7,13H,2H2,1H3/b14-10-. The van der Waals surface area contributed by atoms with E-state index in [0.717, 1.165) is 0 Å². The molecule has 0 heterocycles. The van der Waals surface area contributed by atoms with Crippen LogP contribution in [0.4, 0.5) is 10.1 Å². The van der Waals surface area contributed by atoms with E-state index in [1.54, 1.807) is 13.0 Å². The number of aldehydes is 1. The number of halogens is 1. The first-order chi connectivity index (χ1) is 8.17. The Balaban J connectivity index is 2.74. The quantitative estimate of drug-likeness (QED) is 0.276. The number of rotatable bonds is 5. The van der Waals surface area contributed by atoms with Crippen LogP contribution in [0.25, 0.3) is 0 Å². The third-order valence-electron chi connectivity index (χ3n) is 1.73. The van der Waals surface area contributed by atoms with Crippen LogP contribution in [0.3, 0.4) is 0 Å².